The van der Waals surface area contributed by atoms with E-state index in [4.69, 9.17) is 17.3 Å². The highest BCUT2D eigenvalue weighted by molar-refractivity contribution is 7.21. The molecule has 14 heavy (non-hydrogen) atoms. The fourth-order valence-electron chi connectivity index (χ4n) is 1.04. The number of halogens is 1. The van der Waals surface area contributed by atoms with E-state index in [2.05, 4.69) is 4.98 Å². The zero-order chi connectivity index (χ0) is 10.1. The molecule has 2 N–H and O–H groups in total. The van der Waals surface area contributed by atoms with E-state index in [-0.39, 0.29) is 6.04 Å². The summed E-state index contributed by atoms with van der Waals surface area (Å²) in [6.45, 7) is 1.96. The predicted molar refractivity (Wildman–Crippen MR) is 63.0 cm³/mol. The van der Waals surface area contributed by atoms with Crippen LogP contribution in [0, 0.1) is 0 Å². The van der Waals surface area contributed by atoms with Crippen molar-refractivity contribution in [3.8, 4) is 9.88 Å². The highest BCUT2D eigenvalue weighted by atomic mass is 35.5. The number of hydrogen-bond acceptors (Lipinski definition) is 4. The number of aromatic nitrogens is 1. The van der Waals surface area contributed by atoms with Crippen LogP contribution in [0.15, 0.2) is 17.6 Å². The van der Waals surface area contributed by atoms with Gasteiger partial charge in [0.05, 0.1) is 9.90 Å². The Hall–Kier alpha value is -0.420. The number of hydrogen-bond donors (Lipinski definition) is 1. The van der Waals surface area contributed by atoms with Crippen LogP contribution in [0.1, 0.15) is 17.8 Å². The molecule has 0 amide bonds. The van der Waals surface area contributed by atoms with E-state index in [1.807, 2.05) is 24.6 Å². The standard InChI is InChI=1S/C9H9ClN2S2/c1-5(11)8-3-12-9(14-8)7-2-6(10)4-13-7/h2-5H,11H2,1H3. The number of thiazole rings is 1. The van der Waals surface area contributed by atoms with Gasteiger partial charge in [0.1, 0.15) is 5.01 Å². The lowest BCUT2D eigenvalue weighted by Crippen LogP contribution is -2.01. The van der Waals surface area contributed by atoms with Crippen LogP contribution in [-0.4, -0.2) is 4.98 Å². The molecule has 2 heterocycles. The van der Waals surface area contributed by atoms with Gasteiger partial charge in [-0.05, 0) is 13.0 Å². The molecule has 0 radical (unpaired) electrons. The van der Waals surface area contributed by atoms with Crippen molar-refractivity contribution >= 4 is 34.3 Å². The van der Waals surface area contributed by atoms with E-state index in [1.54, 1.807) is 22.7 Å². The Kier molecular flexibility index (Phi) is 2.88. The Labute approximate surface area is 95.4 Å². The Bertz CT molecular complexity index is 433. The molecular formula is C9H9ClN2S2. The van der Waals surface area contributed by atoms with Gasteiger partial charge in [-0.25, -0.2) is 4.98 Å². The third kappa shape index (κ3) is 1.98. The first-order valence-corrected chi connectivity index (χ1v) is 6.20. The van der Waals surface area contributed by atoms with Crippen LogP contribution in [0.25, 0.3) is 9.88 Å². The molecule has 0 aromatic carbocycles. The van der Waals surface area contributed by atoms with E-state index < -0.39 is 0 Å². The molecule has 74 valence electrons. The second-order valence-electron chi connectivity index (χ2n) is 2.99. The molecule has 0 aliphatic carbocycles. The van der Waals surface area contributed by atoms with Gasteiger partial charge in [-0.2, -0.15) is 0 Å². The third-order valence-electron chi connectivity index (χ3n) is 1.75. The average molecular weight is 245 g/mol. The predicted octanol–water partition coefficient (Wildman–Crippen LogP) is 3.54. The van der Waals surface area contributed by atoms with Crippen LogP contribution in [0.2, 0.25) is 5.02 Å². The summed E-state index contributed by atoms with van der Waals surface area (Å²) in [7, 11) is 0. The molecule has 2 nitrogen and oxygen atoms in total. The SMILES string of the molecule is CC(N)c1cnc(-c2cc(Cl)cs2)s1. The Morgan fingerprint density at radius 3 is 2.86 bits per heavy atom. The number of nitrogens with zero attached hydrogens (tertiary/aromatic N) is 1. The quantitative estimate of drug-likeness (QED) is 0.878. The van der Waals surface area contributed by atoms with E-state index >= 15 is 0 Å². The summed E-state index contributed by atoms with van der Waals surface area (Å²) in [5.41, 5.74) is 5.76. The molecule has 0 saturated heterocycles. The fourth-order valence-corrected chi connectivity index (χ4v) is 3.05. The van der Waals surface area contributed by atoms with Gasteiger partial charge >= 0.3 is 0 Å². The summed E-state index contributed by atoms with van der Waals surface area (Å²) in [5.74, 6) is 0. The van der Waals surface area contributed by atoms with Crippen molar-refractivity contribution in [2.24, 2.45) is 5.73 Å². The second-order valence-corrected chi connectivity index (χ2v) is 5.40. The number of nitrogens with two attached hydrogens (primary N) is 1. The lowest BCUT2D eigenvalue weighted by atomic mass is 10.3. The summed E-state index contributed by atoms with van der Waals surface area (Å²) < 4.78 is 0. The lowest BCUT2D eigenvalue weighted by molar-refractivity contribution is 0.835. The van der Waals surface area contributed by atoms with Crippen molar-refractivity contribution in [1.82, 2.24) is 4.98 Å². The minimum absolute atomic E-state index is 0.0525. The Balaban J connectivity index is 2.33. The summed E-state index contributed by atoms with van der Waals surface area (Å²) in [6.07, 6.45) is 1.83. The molecule has 0 spiro atoms. The summed E-state index contributed by atoms with van der Waals surface area (Å²) in [6, 6.07) is 1.98. The van der Waals surface area contributed by atoms with Gasteiger partial charge in [0.2, 0.25) is 0 Å². The highest BCUT2D eigenvalue weighted by Gasteiger charge is 2.09. The maximum Gasteiger partial charge on any atom is 0.133 e. The molecule has 0 bridgehead atoms. The first-order valence-electron chi connectivity index (χ1n) is 4.12. The van der Waals surface area contributed by atoms with Crippen LogP contribution < -0.4 is 5.73 Å². The maximum atomic E-state index is 5.84. The smallest absolute Gasteiger partial charge is 0.133 e. The van der Waals surface area contributed by atoms with E-state index in [0.29, 0.717) is 0 Å². The van der Waals surface area contributed by atoms with Gasteiger partial charge in [0, 0.05) is 22.5 Å². The van der Waals surface area contributed by atoms with Crippen LogP contribution in [0.3, 0.4) is 0 Å². The minimum Gasteiger partial charge on any atom is -0.323 e. The lowest BCUT2D eigenvalue weighted by Gasteiger charge is -1.96. The van der Waals surface area contributed by atoms with Gasteiger partial charge in [-0.1, -0.05) is 11.6 Å². The topological polar surface area (TPSA) is 38.9 Å². The Morgan fingerprint density at radius 2 is 2.36 bits per heavy atom. The molecule has 1 atom stereocenters. The molecule has 1 unspecified atom stereocenters. The normalized spacial score (nSPS) is 13.1. The van der Waals surface area contributed by atoms with Crippen molar-refractivity contribution in [1.29, 1.82) is 0 Å². The Morgan fingerprint density at radius 1 is 1.57 bits per heavy atom. The van der Waals surface area contributed by atoms with E-state index in [9.17, 15) is 0 Å². The van der Waals surface area contributed by atoms with Gasteiger partial charge in [0.25, 0.3) is 0 Å². The monoisotopic (exact) mass is 244 g/mol. The molecule has 2 rings (SSSR count). The van der Waals surface area contributed by atoms with Gasteiger partial charge < -0.3 is 5.73 Å². The van der Waals surface area contributed by atoms with E-state index in [0.717, 1.165) is 19.8 Å². The third-order valence-corrected chi connectivity index (χ3v) is 4.40. The van der Waals surface area contributed by atoms with Crippen molar-refractivity contribution in [3.05, 3.63) is 27.5 Å². The summed E-state index contributed by atoms with van der Waals surface area (Å²) in [4.78, 5) is 6.52. The largest absolute Gasteiger partial charge is 0.323 e. The molecular weight excluding hydrogens is 236 g/mol. The van der Waals surface area contributed by atoms with Crippen molar-refractivity contribution in [2.75, 3.05) is 0 Å². The molecule has 5 heteroatoms. The number of thiophene rings is 1. The van der Waals surface area contributed by atoms with Crippen molar-refractivity contribution in [3.63, 3.8) is 0 Å². The van der Waals surface area contributed by atoms with Crippen LogP contribution in [0.5, 0.6) is 0 Å². The number of rotatable bonds is 2. The summed E-state index contributed by atoms with van der Waals surface area (Å²) >= 11 is 9.07. The molecule has 0 aliphatic rings. The second kappa shape index (κ2) is 3.98. The molecule has 0 fully saturated rings. The van der Waals surface area contributed by atoms with Crippen molar-refractivity contribution in [2.45, 2.75) is 13.0 Å². The van der Waals surface area contributed by atoms with Gasteiger partial charge in [0.15, 0.2) is 0 Å². The molecule has 0 aliphatic heterocycles. The molecule has 2 aromatic heterocycles. The first kappa shape index (κ1) is 10.1. The van der Waals surface area contributed by atoms with Crippen LogP contribution in [0.4, 0.5) is 0 Å². The van der Waals surface area contributed by atoms with Crippen molar-refractivity contribution < 1.29 is 0 Å². The van der Waals surface area contributed by atoms with Gasteiger partial charge in [-0.15, -0.1) is 22.7 Å². The van der Waals surface area contributed by atoms with E-state index in [1.165, 1.54) is 0 Å². The molecule has 0 saturated carbocycles. The maximum absolute atomic E-state index is 5.84. The molecule has 2 aromatic rings. The van der Waals surface area contributed by atoms with Gasteiger partial charge in [-0.3, -0.25) is 0 Å². The summed E-state index contributed by atoms with van der Waals surface area (Å²) in [5, 5.41) is 3.67. The van der Waals surface area contributed by atoms with Crippen LogP contribution >= 0.6 is 34.3 Å². The first-order chi connectivity index (χ1) is 6.66. The zero-order valence-corrected chi connectivity index (χ0v) is 9.92. The zero-order valence-electron chi connectivity index (χ0n) is 7.53. The average Bonchev–Trinajstić information content (AvgIpc) is 2.70. The fraction of sp³-hybridized carbons (Fsp3) is 0.222. The minimum atomic E-state index is 0.0525. The van der Waals surface area contributed by atoms with Crippen LogP contribution in [-0.2, 0) is 0 Å². The highest BCUT2D eigenvalue weighted by Crippen LogP contribution is 2.33.